The van der Waals surface area contributed by atoms with Gasteiger partial charge in [-0.25, -0.2) is 4.79 Å². The van der Waals surface area contributed by atoms with Crippen LogP contribution in [0.4, 0.5) is 10.5 Å². The number of para-hydroxylation sites is 1. The van der Waals surface area contributed by atoms with Crippen LogP contribution < -0.4 is 5.32 Å². The lowest BCUT2D eigenvalue weighted by atomic mass is 9.73. The number of ether oxygens (including phenoxy) is 2. The van der Waals surface area contributed by atoms with E-state index >= 15 is 0 Å². The Labute approximate surface area is 168 Å². The van der Waals surface area contributed by atoms with Crippen molar-refractivity contribution in [3.05, 3.63) is 65.7 Å². The molecule has 2 heterocycles. The van der Waals surface area contributed by atoms with Crippen LogP contribution >= 0.6 is 0 Å². The van der Waals surface area contributed by atoms with Crippen LogP contribution in [-0.2, 0) is 25.7 Å². The van der Waals surface area contributed by atoms with Crippen molar-refractivity contribution in [2.24, 2.45) is 5.41 Å². The Morgan fingerprint density at radius 2 is 1.83 bits per heavy atom. The second-order valence-electron chi connectivity index (χ2n) is 7.12. The van der Waals surface area contributed by atoms with E-state index in [1.807, 2.05) is 42.5 Å². The number of anilines is 1. The first-order valence-corrected chi connectivity index (χ1v) is 9.63. The molecule has 2 aromatic rings. The molecular formula is C22H22N2O5. The van der Waals surface area contributed by atoms with Gasteiger partial charge in [-0.05, 0) is 25.0 Å². The van der Waals surface area contributed by atoms with Gasteiger partial charge >= 0.3 is 12.1 Å². The highest BCUT2D eigenvalue weighted by Gasteiger charge is 2.63. The smallest absolute Gasteiger partial charge is 0.410 e. The zero-order valence-corrected chi connectivity index (χ0v) is 16.1. The molecule has 2 aliphatic rings. The van der Waals surface area contributed by atoms with Gasteiger partial charge in [-0.1, -0.05) is 48.5 Å². The summed E-state index contributed by atoms with van der Waals surface area (Å²) < 4.78 is 10.7. The number of hydrogen-bond acceptors (Lipinski definition) is 5. The van der Waals surface area contributed by atoms with Crippen LogP contribution in [0.5, 0.6) is 0 Å². The molecule has 150 valence electrons. The Bertz CT molecular complexity index is 945. The Morgan fingerprint density at radius 3 is 2.59 bits per heavy atom. The van der Waals surface area contributed by atoms with Gasteiger partial charge in [-0.3, -0.25) is 14.5 Å². The molecule has 0 aliphatic carbocycles. The maximum Gasteiger partial charge on any atom is 0.410 e. The number of hydrogen-bond donors (Lipinski definition) is 1. The highest BCUT2D eigenvalue weighted by Crippen LogP contribution is 2.53. The number of likely N-dealkylation sites (tertiary alicyclic amines) is 1. The summed E-state index contributed by atoms with van der Waals surface area (Å²) in [6.45, 7) is 2.18. The first kappa shape index (κ1) is 19.0. The van der Waals surface area contributed by atoms with Gasteiger partial charge in [0.05, 0.1) is 12.6 Å². The van der Waals surface area contributed by atoms with Crippen LogP contribution in [0.15, 0.2) is 54.6 Å². The summed E-state index contributed by atoms with van der Waals surface area (Å²) in [6, 6.07) is 15.8. The monoisotopic (exact) mass is 394 g/mol. The maximum atomic E-state index is 13.0. The topological polar surface area (TPSA) is 84.9 Å². The number of esters is 1. The fraction of sp³-hybridized carbons (Fsp3) is 0.318. The van der Waals surface area contributed by atoms with Crippen molar-refractivity contribution in [3.63, 3.8) is 0 Å². The molecule has 2 unspecified atom stereocenters. The second kappa shape index (κ2) is 7.58. The SMILES string of the molecule is CCOC(=O)C12CCN(C(=O)OCc3ccccc3)C1c1ccccc1NC2=O. The van der Waals surface area contributed by atoms with Crippen molar-refractivity contribution in [2.75, 3.05) is 18.5 Å². The number of benzene rings is 2. The lowest BCUT2D eigenvalue weighted by molar-refractivity contribution is -0.161. The number of rotatable bonds is 4. The molecule has 4 rings (SSSR count). The first-order valence-electron chi connectivity index (χ1n) is 9.63. The number of nitrogens with zero attached hydrogens (tertiary/aromatic N) is 1. The molecule has 0 spiro atoms. The Balaban J connectivity index is 1.67. The summed E-state index contributed by atoms with van der Waals surface area (Å²) in [5, 5.41) is 2.81. The maximum absolute atomic E-state index is 13.0. The van der Waals surface area contributed by atoms with Gasteiger partial charge in [0, 0.05) is 17.8 Å². The largest absolute Gasteiger partial charge is 0.465 e. The summed E-state index contributed by atoms with van der Waals surface area (Å²) in [5.74, 6) is -1.06. The number of carbonyl (C=O) groups is 3. The minimum Gasteiger partial charge on any atom is -0.465 e. The average Bonchev–Trinajstić information content (AvgIpc) is 3.16. The lowest BCUT2D eigenvalue weighted by Gasteiger charge is -2.39. The van der Waals surface area contributed by atoms with Crippen molar-refractivity contribution >= 4 is 23.7 Å². The zero-order valence-electron chi connectivity index (χ0n) is 16.1. The summed E-state index contributed by atoms with van der Waals surface area (Å²) >= 11 is 0. The Kier molecular flexibility index (Phi) is 4.96. The summed E-state index contributed by atoms with van der Waals surface area (Å²) in [6.07, 6.45) is -0.383. The number of amides is 2. The molecule has 7 nitrogen and oxygen atoms in total. The van der Waals surface area contributed by atoms with E-state index in [4.69, 9.17) is 9.47 Å². The Morgan fingerprint density at radius 1 is 1.10 bits per heavy atom. The Hall–Kier alpha value is -3.35. The van der Waals surface area contributed by atoms with Gasteiger partial charge in [0.15, 0.2) is 5.41 Å². The molecule has 0 saturated carbocycles. The minimum atomic E-state index is -1.48. The van der Waals surface area contributed by atoms with Crippen molar-refractivity contribution in [1.82, 2.24) is 4.90 Å². The van der Waals surface area contributed by atoms with Crippen molar-refractivity contribution in [3.8, 4) is 0 Å². The molecule has 2 atom stereocenters. The van der Waals surface area contributed by atoms with Crippen LogP contribution in [0.2, 0.25) is 0 Å². The quantitative estimate of drug-likeness (QED) is 0.635. The van der Waals surface area contributed by atoms with Crippen LogP contribution in [0.25, 0.3) is 0 Å². The molecule has 1 saturated heterocycles. The molecule has 7 heteroatoms. The molecule has 2 aromatic carbocycles. The van der Waals surface area contributed by atoms with Crippen molar-refractivity contribution < 1.29 is 23.9 Å². The van der Waals surface area contributed by atoms with E-state index in [0.29, 0.717) is 11.3 Å². The van der Waals surface area contributed by atoms with E-state index in [1.165, 1.54) is 4.90 Å². The van der Waals surface area contributed by atoms with E-state index in [2.05, 4.69) is 5.32 Å². The van der Waals surface area contributed by atoms with E-state index in [9.17, 15) is 14.4 Å². The third-order valence-electron chi connectivity index (χ3n) is 5.51. The van der Waals surface area contributed by atoms with Crippen LogP contribution in [0.3, 0.4) is 0 Å². The van der Waals surface area contributed by atoms with Crippen molar-refractivity contribution in [2.45, 2.75) is 26.0 Å². The molecular weight excluding hydrogens is 372 g/mol. The molecule has 0 bridgehead atoms. The third kappa shape index (κ3) is 3.12. The number of carbonyl (C=O) groups excluding carboxylic acids is 3. The number of fused-ring (bicyclic) bond motifs is 3. The zero-order chi connectivity index (χ0) is 20.4. The van der Waals surface area contributed by atoms with Crippen LogP contribution in [-0.4, -0.2) is 36.0 Å². The molecule has 0 radical (unpaired) electrons. The van der Waals surface area contributed by atoms with Gasteiger partial charge in [0.25, 0.3) is 0 Å². The average molecular weight is 394 g/mol. The molecule has 1 fully saturated rings. The molecule has 0 aromatic heterocycles. The standard InChI is InChI=1S/C22H22N2O5/c1-2-28-20(26)22-12-13-24(21(27)29-14-15-8-4-3-5-9-15)18(22)16-10-6-7-11-17(16)23-19(22)25/h3-11,18H,2,12-14H2,1H3,(H,23,25). The normalized spacial score (nSPS) is 22.3. The lowest BCUT2D eigenvalue weighted by Crippen LogP contribution is -2.52. The molecule has 29 heavy (non-hydrogen) atoms. The van der Waals surface area contributed by atoms with E-state index in [1.54, 1.807) is 19.1 Å². The predicted molar refractivity (Wildman–Crippen MR) is 105 cm³/mol. The fourth-order valence-corrected chi connectivity index (χ4v) is 4.15. The van der Waals surface area contributed by atoms with Gasteiger partial charge in [-0.15, -0.1) is 0 Å². The molecule has 2 aliphatic heterocycles. The summed E-state index contributed by atoms with van der Waals surface area (Å²) in [4.78, 5) is 40.3. The van der Waals surface area contributed by atoms with Crippen LogP contribution in [0, 0.1) is 5.41 Å². The first-order chi connectivity index (χ1) is 14.1. The predicted octanol–water partition coefficient (Wildman–Crippen LogP) is 3.27. The molecule has 2 amide bonds. The van der Waals surface area contributed by atoms with E-state index in [-0.39, 0.29) is 26.2 Å². The summed E-state index contributed by atoms with van der Waals surface area (Å²) in [5.41, 5.74) is 0.675. The van der Waals surface area contributed by atoms with E-state index in [0.717, 1.165) is 5.56 Å². The summed E-state index contributed by atoms with van der Waals surface area (Å²) in [7, 11) is 0. The minimum absolute atomic E-state index is 0.114. The second-order valence-corrected chi connectivity index (χ2v) is 7.12. The number of nitrogens with one attached hydrogen (secondary N) is 1. The van der Waals surface area contributed by atoms with Gasteiger partial charge in [-0.2, -0.15) is 0 Å². The van der Waals surface area contributed by atoms with Gasteiger partial charge < -0.3 is 14.8 Å². The van der Waals surface area contributed by atoms with E-state index < -0.39 is 29.4 Å². The van der Waals surface area contributed by atoms with Gasteiger partial charge in [0.2, 0.25) is 5.91 Å². The highest BCUT2D eigenvalue weighted by molar-refractivity contribution is 6.12. The van der Waals surface area contributed by atoms with Crippen LogP contribution in [0.1, 0.15) is 30.5 Å². The van der Waals surface area contributed by atoms with Crippen molar-refractivity contribution in [1.29, 1.82) is 0 Å². The fourth-order valence-electron chi connectivity index (χ4n) is 4.15. The molecule has 1 N–H and O–H groups in total. The third-order valence-corrected chi connectivity index (χ3v) is 5.51. The highest BCUT2D eigenvalue weighted by atomic mass is 16.6. The van der Waals surface area contributed by atoms with Gasteiger partial charge in [0.1, 0.15) is 6.61 Å².